The summed E-state index contributed by atoms with van der Waals surface area (Å²) in [4.78, 5) is 24.3. The number of carbonyl (C=O) groups is 2. The molecule has 24 heavy (non-hydrogen) atoms. The predicted octanol–water partition coefficient (Wildman–Crippen LogP) is 2.38. The van der Waals surface area contributed by atoms with Gasteiger partial charge in [-0.25, -0.2) is 0 Å². The molecule has 0 bridgehead atoms. The van der Waals surface area contributed by atoms with E-state index in [1.807, 2.05) is 0 Å². The molecule has 2 aromatic rings. The van der Waals surface area contributed by atoms with Gasteiger partial charge in [0.25, 0.3) is 11.8 Å². The number of benzene rings is 1. The summed E-state index contributed by atoms with van der Waals surface area (Å²) in [6.07, 6.45) is 2.25. The Hall–Kier alpha value is -2.38. The van der Waals surface area contributed by atoms with Gasteiger partial charge in [0.05, 0.1) is 11.0 Å². The highest BCUT2D eigenvalue weighted by atomic mass is 32.1. The molecular formula is C17H18N2O4S. The molecule has 1 atom stereocenters. The summed E-state index contributed by atoms with van der Waals surface area (Å²) in [5.41, 5.74) is 5.21. The van der Waals surface area contributed by atoms with Gasteiger partial charge in [-0.1, -0.05) is 6.07 Å². The zero-order chi connectivity index (χ0) is 16.8. The van der Waals surface area contributed by atoms with Crippen LogP contribution in [-0.4, -0.2) is 31.1 Å². The average Bonchev–Trinajstić information content (AvgIpc) is 3.31. The minimum atomic E-state index is -0.384. The molecule has 2 amide bonds. The van der Waals surface area contributed by atoms with Crippen molar-refractivity contribution < 1.29 is 19.1 Å². The second-order valence-corrected chi connectivity index (χ2v) is 6.30. The van der Waals surface area contributed by atoms with Crippen molar-refractivity contribution in [3.8, 4) is 5.75 Å². The Bertz CT molecular complexity index is 679. The number of amides is 2. The van der Waals surface area contributed by atoms with Crippen LogP contribution in [0.4, 0.5) is 0 Å². The summed E-state index contributed by atoms with van der Waals surface area (Å²) in [6, 6.07) is 10.2. The molecule has 126 valence electrons. The van der Waals surface area contributed by atoms with E-state index in [0.29, 0.717) is 22.8 Å². The van der Waals surface area contributed by atoms with E-state index in [1.54, 1.807) is 41.8 Å². The molecule has 1 aliphatic heterocycles. The Morgan fingerprint density at radius 2 is 1.96 bits per heavy atom. The molecule has 1 aliphatic rings. The minimum Gasteiger partial charge on any atom is -0.491 e. The van der Waals surface area contributed by atoms with Crippen molar-refractivity contribution in [1.82, 2.24) is 10.9 Å². The molecule has 3 rings (SSSR count). The lowest BCUT2D eigenvalue weighted by Gasteiger charge is -2.12. The number of rotatable bonds is 5. The van der Waals surface area contributed by atoms with Crippen LogP contribution >= 0.6 is 11.3 Å². The summed E-state index contributed by atoms with van der Waals surface area (Å²) in [6.45, 7) is 1.31. The van der Waals surface area contributed by atoms with Gasteiger partial charge in [-0.2, -0.15) is 0 Å². The number of carbonyl (C=O) groups excluding carboxylic acids is 2. The summed E-state index contributed by atoms with van der Waals surface area (Å²) < 4.78 is 11.1. The smallest absolute Gasteiger partial charge is 0.279 e. The topological polar surface area (TPSA) is 76.7 Å². The van der Waals surface area contributed by atoms with Crippen LogP contribution in [0.15, 0.2) is 41.8 Å². The maximum atomic E-state index is 12.0. The zero-order valence-corrected chi connectivity index (χ0v) is 13.8. The molecule has 6 nitrogen and oxygen atoms in total. The van der Waals surface area contributed by atoms with Crippen molar-refractivity contribution in [2.24, 2.45) is 0 Å². The molecule has 1 saturated heterocycles. The van der Waals surface area contributed by atoms with Gasteiger partial charge in [0.1, 0.15) is 12.4 Å². The zero-order valence-electron chi connectivity index (χ0n) is 13.0. The lowest BCUT2D eigenvalue weighted by Crippen LogP contribution is -2.41. The number of ether oxygens (including phenoxy) is 2. The third-order valence-corrected chi connectivity index (χ3v) is 4.48. The maximum Gasteiger partial charge on any atom is 0.279 e. The third kappa shape index (κ3) is 4.33. The first kappa shape index (κ1) is 16.5. The quantitative estimate of drug-likeness (QED) is 0.815. The molecule has 2 heterocycles. The lowest BCUT2D eigenvalue weighted by molar-refractivity contribution is 0.0679. The minimum absolute atomic E-state index is 0.153. The Balaban J connectivity index is 1.47. The van der Waals surface area contributed by atoms with Crippen LogP contribution in [0.5, 0.6) is 5.75 Å². The van der Waals surface area contributed by atoms with Crippen LogP contribution in [0.3, 0.4) is 0 Å². The fraction of sp³-hybridized carbons (Fsp3) is 0.294. The summed E-state index contributed by atoms with van der Waals surface area (Å²) >= 11 is 1.31. The van der Waals surface area contributed by atoms with Crippen molar-refractivity contribution in [1.29, 1.82) is 0 Å². The molecule has 0 saturated carbocycles. The number of hydrogen-bond acceptors (Lipinski definition) is 5. The molecule has 0 aliphatic carbocycles. The molecule has 7 heteroatoms. The van der Waals surface area contributed by atoms with Gasteiger partial charge in [0.15, 0.2) is 0 Å². The molecule has 1 unspecified atom stereocenters. The molecule has 1 aromatic heterocycles. The first-order valence-corrected chi connectivity index (χ1v) is 8.59. The van der Waals surface area contributed by atoms with Gasteiger partial charge in [-0.3, -0.25) is 20.4 Å². The normalized spacial score (nSPS) is 16.6. The second-order valence-electron chi connectivity index (χ2n) is 5.36. The van der Waals surface area contributed by atoms with E-state index in [-0.39, 0.29) is 17.9 Å². The van der Waals surface area contributed by atoms with E-state index in [9.17, 15) is 9.59 Å². The number of hydrazine groups is 1. The Morgan fingerprint density at radius 1 is 1.17 bits per heavy atom. The molecule has 1 aromatic carbocycles. The fourth-order valence-corrected chi connectivity index (χ4v) is 2.94. The number of nitrogens with one attached hydrogen (secondary N) is 2. The van der Waals surface area contributed by atoms with Gasteiger partial charge < -0.3 is 9.47 Å². The van der Waals surface area contributed by atoms with Gasteiger partial charge in [-0.15, -0.1) is 11.3 Å². The van der Waals surface area contributed by atoms with E-state index in [0.717, 1.165) is 19.4 Å². The van der Waals surface area contributed by atoms with Crippen LogP contribution in [0, 0.1) is 0 Å². The van der Waals surface area contributed by atoms with Crippen molar-refractivity contribution in [2.45, 2.75) is 18.9 Å². The Morgan fingerprint density at radius 3 is 2.62 bits per heavy atom. The van der Waals surface area contributed by atoms with E-state index < -0.39 is 0 Å². The van der Waals surface area contributed by atoms with E-state index in [2.05, 4.69) is 10.9 Å². The van der Waals surface area contributed by atoms with E-state index in [4.69, 9.17) is 9.47 Å². The van der Waals surface area contributed by atoms with Gasteiger partial charge in [0, 0.05) is 12.2 Å². The fourth-order valence-electron chi connectivity index (χ4n) is 2.32. The molecule has 0 spiro atoms. The van der Waals surface area contributed by atoms with E-state index >= 15 is 0 Å². The number of thiophene rings is 1. The Labute approximate surface area is 143 Å². The van der Waals surface area contributed by atoms with Crippen molar-refractivity contribution >= 4 is 23.2 Å². The predicted molar refractivity (Wildman–Crippen MR) is 90.2 cm³/mol. The second kappa shape index (κ2) is 7.94. The van der Waals surface area contributed by atoms with Crippen LogP contribution in [0.1, 0.15) is 32.9 Å². The van der Waals surface area contributed by atoms with Crippen LogP contribution in [0.25, 0.3) is 0 Å². The highest BCUT2D eigenvalue weighted by Crippen LogP contribution is 2.16. The third-order valence-electron chi connectivity index (χ3n) is 3.61. The Kier molecular flexibility index (Phi) is 5.45. The van der Waals surface area contributed by atoms with Crippen molar-refractivity contribution in [3.63, 3.8) is 0 Å². The van der Waals surface area contributed by atoms with Crippen LogP contribution in [0.2, 0.25) is 0 Å². The van der Waals surface area contributed by atoms with E-state index in [1.165, 1.54) is 11.3 Å². The molecule has 0 radical (unpaired) electrons. The molecular weight excluding hydrogens is 328 g/mol. The highest BCUT2D eigenvalue weighted by Gasteiger charge is 2.16. The van der Waals surface area contributed by atoms with Gasteiger partial charge in [-0.05, 0) is 48.6 Å². The summed E-state index contributed by atoms with van der Waals surface area (Å²) in [5, 5.41) is 1.80. The monoisotopic (exact) mass is 346 g/mol. The number of hydrogen-bond donors (Lipinski definition) is 2. The van der Waals surface area contributed by atoms with Crippen LogP contribution in [-0.2, 0) is 4.74 Å². The van der Waals surface area contributed by atoms with Crippen LogP contribution < -0.4 is 15.6 Å². The van der Waals surface area contributed by atoms with Crippen molar-refractivity contribution in [3.05, 3.63) is 52.2 Å². The summed E-state index contributed by atoms with van der Waals surface area (Å²) in [7, 11) is 0. The first-order chi connectivity index (χ1) is 11.7. The van der Waals surface area contributed by atoms with Crippen molar-refractivity contribution in [2.75, 3.05) is 13.2 Å². The lowest BCUT2D eigenvalue weighted by atomic mass is 10.2. The SMILES string of the molecule is O=C(NNC(=O)c1cccs1)c1ccc(OCC2CCCO2)cc1. The molecule has 2 N–H and O–H groups in total. The first-order valence-electron chi connectivity index (χ1n) is 7.71. The van der Waals surface area contributed by atoms with Gasteiger partial charge >= 0.3 is 0 Å². The average molecular weight is 346 g/mol. The maximum absolute atomic E-state index is 12.0. The molecule has 1 fully saturated rings. The standard InChI is InChI=1S/C17H18N2O4S/c20-16(18-19-17(21)15-4-2-10-24-15)12-5-7-13(8-6-12)23-11-14-3-1-9-22-14/h2,4-8,10,14H,1,3,9,11H2,(H,18,20)(H,19,21). The summed E-state index contributed by atoms with van der Waals surface area (Å²) in [5.74, 6) is -0.0369. The van der Waals surface area contributed by atoms with Gasteiger partial charge in [0.2, 0.25) is 0 Å². The highest BCUT2D eigenvalue weighted by molar-refractivity contribution is 7.12. The largest absolute Gasteiger partial charge is 0.491 e.